The summed E-state index contributed by atoms with van der Waals surface area (Å²) < 4.78 is 0. The van der Waals surface area contributed by atoms with Gasteiger partial charge in [-0.05, 0) is 17.9 Å². The molecule has 0 aromatic heterocycles. The van der Waals surface area contributed by atoms with E-state index in [0.717, 1.165) is 6.42 Å². The molecule has 2 atom stereocenters. The van der Waals surface area contributed by atoms with Gasteiger partial charge in [-0.25, -0.2) is 0 Å². The fourth-order valence-corrected chi connectivity index (χ4v) is 1.84. The molecular formula is C11H12BrN. The highest BCUT2D eigenvalue weighted by atomic mass is 79.9. The Morgan fingerprint density at radius 3 is 2.54 bits per heavy atom. The van der Waals surface area contributed by atoms with Crippen LogP contribution in [-0.2, 0) is 0 Å². The van der Waals surface area contributed by atoms with E-state index in [9.17, 15) is 0 Å². The highest BCUT2D eigenvalue weighted by Gasteiger charge is 2.10. The number of benzene rings is 1. The van der Waals surface area contributed by atoms with Crippen molar-refractivity contribution in [3.05, 3.63) is 35.9 Å². The summed E-state index contributed by atoms with van der Waals surface area (Å²) >= 11 is 3.31. The molecule has 0 fully saturated rings. The van der Waals surface area contributed by atoms with E-state index in [0.29, 0.717) is 5.92 Å². The number of rotatable bonds is 3. The van der Waals surface area contributed by atoms with E-state index < -0.39 is 0 Å². The Kier molecular flexibility index (Phi) is 3.98. The van der Waals surface area contributed by atoms with Gasteiger partial charge >= 0.3 is 0 Å². The van der Waals surface area contributed by atoms with Crippen molar-refractivity contribution < 1.29 is 0 Å². The van der Waals surface area contributed by atoms with Gasteiger partial charge in [-0.15, -0.1) is 0 Å². The van der Waals surface area contributed by atoms with Gasteiger partial charge in [0.15, 0.2) is 0 Å². The van der Waals surface area contributed by atoms with Crippen LogP contribution in [0.3, 0.4) is 0 Å². The molecule has 0 spiro atoms. The summed E-state index contributed by atoms with van der Waals surface area (Å²) in [4.78, 5) is -0.0392. The minimum Gasteiger partial charge on any atom is -0.197 e. The van der Waals surface area contributed by atoms with Crippen molar-refractivity contribution in [3.8, 4) is 6.07 Å². The maximum Gasteiger partial charge on any atom is 0.102 e. The van der Waals surface area contributed by atoms with Crippen LogP contribution in [0.5, 0.6) is 0 Å². The zero-order chi connectivity index (χ0) is 9.68. The van der Waals surface area contributed by atoms with Crippen molar-refractivity contribution in [2.24, 2.45) is 0 Å². The summed E-state index contributed by atoms with van der Waals surface area (Å²) in [7, 11) is 0. The second-order valence-corrected chi connectivity index (χ2v) is 4.25. The number of nitrogens with zero attached hydrogens (tertiary/aromatic N) is 1. The monoisotopic (exact) mass is 237 g/mol. The molecule has 1 nitrogen and oxygen atoms in total. The number of halogens is 1. The third kappa shape index (κ3) is 3.20. The lowest BCUT2D eigenvalue weighted by molar-refractivity contribution is 0.709. The van der Waals surface area contributed by atoms with Crippen LogP contribution < -0.4 is 0 Å². The fourth-order valence-electron chi connectivity index (χ4n) is 1.28. The topological polar surface area (TPSA) is 23.8 Å². The van der Waals surface area contributed by atoms with Crippen molar-refractivity contribution in [1.82, 2.24) is 0 Å². The van der Waals surface area contributed by atoms with Crippen LogP contribution in [-0.4, -0.2) is 4.83 Å². The van der Waals surface area contributed by atoms with Gasteiger partial charge in [-0.3, -0.25) is 0 Å². The molecule has 0 bridgehead atoms. The summed E-state index contributed by atoms with van der Waals surface area (Å²) in [5.74, 6) is 0.435. The first kappa shape index (κ1) is 10.3. The lowest BCUT2D eigenvalue weighted by Gasteiger charge is -2.11. The summed E-state index contributed by atoms with van der Waals surface area (Å²) in [6.45, 7) is 2.14. The Labute approximate surface area is 87.5 Å². The highest BCUT2D eigenvalue weighted by Crippen LogP contribution is 2.22. The van der Waals surface area contributed by atoms with Crippen LogP contribution >= 0.6 is 15.9 Å². The van der Waals surface area contributed by atoms with Crippen molar-refractivity contribution in [2.45, 2.75) is 24.1 Å². The minimum atomic E-state index is -0.0392. The largest absolute Gasteiger partial charge is 0.197 e. The number of hydrogen-bond donors (Lipinski definition) is 0. The van der Waals surface area contributed by atoms with E-state index in [-0.39, 0.29) is 4.83 Å². The quantitative estimate of drug-likeness (QED) is 0.739. The Hall–Kier alpha value is -0.810. The molecule has 2 unspecified atom stereocenters. The van der Waals surface area contributed by atoms with Gasteiger partial charge in [0.2, 0.25) is 0 Å². The smallest absolute Gasteiger partial charge is 0.102 e. The Bertz CT molecular complexity index is 289. The van der Waals surface area contributed by atoms with Gasteiger partial charge in [-0.1, -0.05) is 53.2 Å². The summed E-state index contributed by atoms with van der Waals surface area (Å²) in [6.07, 6.45) is 0.862. The molecule has 68 valence electrons. The molecule has 0 aliphatic rings. The van der Waals surface area contributed by atoms with Crippen LogP contribution in [0.2, 0.25) is 0 Å². The van der Waals surface area contributed by atoms with Gasteiger partial charge in [0.25, 0.3) is 0 Å². The highest BCUT2D eigenvalue weighted by molar-refractivity contribution is 9.09. The number of hydrogen-bond acceptors (Lipinski definition) is 1. The fraction of sp³-hybridized carbons (Fsp3) is 0.364. The van der Waals surface area contributed by atoms with Gasteiger partial charge < -0.3 is 0 Å². The maximum absolute atomic E-state index is 8.63. The molecule has 1 aromatic carbocycles. The predicted molar refractivity (Wildman–Crippen MR) is 57.8 cm³/mol. The van der Waals surface area contributed by atoms with E-state index >= 15 is 0 Å². The lowest BCUT2D eigenvalue weighted by atomic mass is 9.97. The van der Waals surface area contributed by atoms with Crippen LogP contribution in [0.4, 0.5) is 0 Å². The SMILES string of the molecule is CC(CC(Br)C#N)c1ccccc1. The molecule has 0 saturated carbocycles. The van der Waals surface area contributed by atoms with Gasteiger partial charge in [0, 0.05) is 0 Å². The molecule has 1 rings (SSSR count). The van der Waals surface area contributed by atoms with Crippen molar-refractivity contribution in [1.29, 1.82) is 5.26 Å². The Morgan fingerprint density at radius 2 is 2.00 bits per heavy atom. The zero-order valence-corrected chi connectivity index (χ0v) is 9.16. The average Bonchev–Trinajstić information content (AvgIpc) is 2.19. The molecule has 0 N–H and O–H groups in total. The van der Waals surface area contributed by atoms with Gasteiger partial charge in [0.1, 0.15) is 4.83 Å². The van der Waals surface area contributed by atoms with E-state index in [4.69, 9.17) is 5.26 Å². The average molecular weight is 238 g/mol. The van der Waals surface area contributed by atoms with Crippen LogP contribution in [0.25, 0.3) is 0 Å². The van der Waals surface area contributed by atoms with Crippen molar-refractivity contribution in [3.63, 3.8) is 0 Å². The molecular weight excluding hydrogens is 226 g/mol. The first-order valence-corrected chi connectivity index (χ1v) is 5.24. The van der Waals surface area contributed by atoms with E-state index in [1.54, 1.807) is 0 Å². The molecule has 13 heavy (non-hydrogen) atoms. The zero-order valence-electron chi connectivity index (χ0n) is 7.57. The van der Waals surface area contributed by atoms with Crippen molar-refractivity contribution in [2.75, 3.05) is 0 Å². The lowest BCUT2D eigenvalue weighted by Crippen LogP contribution is -2.01. The van der Waals surface area contributed by atoms with Crippen LogP contribution in [0, 0.1) is 11.3 Å². The third-order valence-corrected chi connectivity index (χ3v) is 2.65. The second-order valence-electron chi connectivity index (χ2n) is 3.14. The van der Waals surface area contributed by atoms with Gasteiger partial charge in [-0.2, -0.15) is 5.26 Å². The molecule has 0 heterocycles. The Morgan fingerprint density at radius 1 is 1.38 bits per heavy atom. The Balaban J connectivity index is 2.60. The van der Waals surface area contributed by atoms with Gasteiger partial charge in [0.05, 0.1) is 6.07 Å². The van der Waals surface area contributed by atoms with Crippen LogP contribution in [0.15, 0.2) is 30.3 Å². The number of alkyl halides is 1. The molecule has 0 radical (unpaired) electrons. The van der Waals surface area contributed by atoms with E-state index in [1.807, 2.05) is 18.2 Å². The maximum atomic E-state index is 8.63. The first-order valence-electron chi connectivity index (χ1n) is 4.32. The van der Waals surface area contributed by atoms with E-state index in [2.05, 4.69) is 41.1 Å². The molecule has 0 amide bonds. The van der Waals surface area contributed by atoms with Crippen molar-refractivity contribution >= 4 is 15.9 Å². The molecule has 2 heteroatoms. The molecule has 0 saturated heterocycles. The normalized spacial score (nSPS) is 14.5. The number of nitriles is 1. The standard InChI is InChI=1S/C11H12BrN/c1-9(7-11(12)8-13)10-5-3-2-4-6-10/h2-6,9,11H,7H2,1H3. The third-order valence-electron chi connectivity index (χ3n) is 2.07. The second kappa shape index (κ2) is 5.04. The summed E-state index contributed by atoms with van der Waals surface area (Å²) in [5, 5.41) is 8.63. The summed E-state index contributed by atoms with van der Waals surface area (Å²) in [6, 6.07) is 12.4. The van der Waals surface area contributed by atoms with Crippen LogP contribution in [0.1, 0.15) is 24.8 Å². The van der Waals surface area contributed by atoms with E-state index in [1.165, 1.54) is 5.56 Å². The summed E-state index contributed by atoms with van der Waals surface area (Å²) in [5.41, 5.74) is 1.29. The predicted octanol–water partition coefficient (Wildman–Crippen LogP) is 3.47. The molecule has 1 aromatic rings. The molecule has 0 aliphatic carbocycles. The first-order chi connectivity index (χ1) is 6.24. The minimum absolute atomic E-state index is 0.0392. The molecule has 0 aliphatic heterocycles.